The number of hydrogen-bond acceptors (Lipinski definition) is 13. The van der Waals surface area contributed by atoms with Crippen molar-refractivity contribution >= 4 is 5.91 Å². The van der Waals surface area contributed by atoms with Crippen molar-refractivity contribution < 1.29 is 64.6 Å². The zero-order valence-electron chi connectivity index (χ0n) is 46.7. The monoisotopic (exact) mass is 1050 g/mol. The van der Waals surface area contributed by atoms with Gasteiger partial charge in [0.25, 0.3) is 0 Å². The van der Waals surface area contributed by atoms with Crippen molar-refractivity contribution in [3.05, 3.63) is 0 Å². The van der Waals surface area contributed by atoms with Gasteiger partial charge in [-0.05, 0) is 12.8 Å². The third kappa shape index (κ3) is 31.9. The van der Waals surface area contributed by atoms with Gasteiger partial charge in [0.2, 0.25) is 5.91 Å². The average Bonchev–Trinajstić information content (AvgIpc) is 3.39. The maximum Gasteiger partial charge on any atom is 0.220 e. The second-order valence-electron chi connectivity index (χ2n) is 22.2. The average molecular weight is 1050 g/mol. The van der Waals surface area contributed by atoms with E-state index in [-0.39, 0.29) is 12.5 Å². The molecule has 9 N–H and O–H groups in total. The van der Waals surface area contributed by atoms with Crippen LogP contribution in [0.2, 0.25) is 0 Å². The molecule has 2 rings (SSSR count). The number of carbonyl (C=O) groups excluding carboxylic acids is 1. The first-order valence-electron chi connectivity index (χ1n) is 30.8. The van der Waals surface area contributed by atoms with E-state index in [0.29, 0.717) is 12.8 Å². The Bertz CT molecular complexity index is 1230. The Hall–Kier alpha value is -1.01. The number of rotatable bonds is 50. The molecule has 0 bridgehead atoms. The Morgan fingerprint density at radius 1 is 0.438 bits per heavy atom. The summed E-state index contributed by atoms with van der Waals surface area (Å²) in [5.74, 6) is -0.202. The van der Waals surface area contributed by atoms with Gasteiger partial charge in [-0.25, -0.2) is 0 Å². The van der Waals surface area contributed by atoms with E-state index >= 15 is 0 Å². The van der Waals surface area contributed by atoms with Crippen molar-refractivity contribution in [2.45, 2.75) is 351 Å². The van der Waals surface area contributed by atoms with Crippen LogP contribution in [0.15, 0.2) is 0 Å². The molecule has 12 atom stereocenters. The van der Waals surface area contributed by atoms with Crippen LogP contribution in [0.25, 0.3) is 0 Å². The fourth-order valence-corrected chi connectivity index (χ4v) is 10.6. The second kappa shape index (κ2) is 46.0. The molecule has 0 aromatic rings. The van der Waals surface area contributed by atoms with Gasteiger partial charge in [0.15, 0.2) is 12.6 Å². The van der Waals surface area contributed by atoms with Crippen LogP contribution in [0.1, 0.15) is 277 Å². The van der Waals surface area contributed by atoms with Crippen LogP contribution in [0.5, 0.6) is 0 Å². The molecule has 14 heteroatoms. The van der Waals surface area contributed by atoms with Gasteiger partial charge in [0.05, 0.1) is 32.0 Å². The summed E-state index contributed by atoms with van der Waals surface area (Å²) < 4.78 is 22.8. The van der Waals surface area contributed by atoms with Gasteiger partial charge < -0.3 is 65.1 Å². The highest BCUT2D eigenvalue weighted by Gasteiger charge is 2.51. The summed E-state index contributed by atoms with van der Waals surface area (Å²) in [6.07, 6.45) is 34.4. The first kappa shape index (κ1) is 68.1. The number of aliphatic hydroxyl groups is 8. The molecule has 2 fully saturated rings. The topological polar surface area (TPSA) is 228 Å². The van der Waals surface area contributed by atoms with Crippen LogP contribution in [-0.2, 0) is 23.7 Å². The maximum absolute atomic E-state index is 13.2. The third-order valence-corrected chi connectivity index (χ3v) is 15.6. The molecular weight excluding hydrogens is 931 g/mol. The smallest absolute Gasteiger partial charge is 0.220 e. The summed E-state index contributed by atoms with van der Waals surface area (Å²) in [5.41, 5.74) is 0. The fraction of sp³-hybridized carbons (Fsp3) is 0.983. The number of hydrogen-bond donors (Lipinski definition) is 9. The van der Waals surface area contributed by atoms with E-state index in [1.807, 2.05) is 0 Å². The second-order valence-corrected chi connectivity index (χ2v) is 22.2. The van der Waals surface area contributed by atoms with Gasteiger partial charge >= 0.3 is 0 Å². The predicted octanol–water partition coefficient (Wildman–Crippen LogP) is 10.5. The molecular formula is C59H115NO13. The van der Waals surface area contributed by atoms with Crippen LogP contribution in [0, 0.1) is 0 Å². The number of amides is 1. The Balaban J connectivity index is 1.60. The van der Waals surface area contributed by atoms with Crippen molar-refractivity contribution in [1.82, 2.24) is 5.32 Å². The minimum Gasteiger partial charge on any atom is -0.394 e. The van der Waals surface area contributed by atoms with Crippen LogP contribution < -0.4 is 5.32 Å². The minimum absolute atomic E-state index is 0.202. The van der Waals surface area contributed by atoms with Crippen molar-refractivity contribution in [1.29, 1.82) is 0 Å². The number of aliphatic hydroxyl groups excluding tert-OH is 8. The Morgan fingerprint density at radius 3 is 1.16 bits per heavy atom. The van der Waals surface area contributed by atoms with Crippen molar-refractivity contribution in [3.63, 3.8) is 0 Å². The highest BCUT2D eigenvalue weighted by molar-refractivity contribution is 5.76. The van der Waals surface area contributed by atoms with Gasteiger partial charge in [-0.3, -0.25) is 4.79 Å². The van der Waals surface area contributed by atoms with Crippen molar-refractivity contribution in [3.8, 4) is 0 Å². The van der Waals surface area contributed by atoms with Crippen LogP contribution in [0.3, 0.4) is 0 Å². The normalized spacial score (nSPS) is 25.3. The standard InChI is InChI=1S/C59H115NO13/c1-3-5-7-9-11-13-14-15-16-17-18-19-20-21-22-23-24-25-26-27-28-29-30-31-32-33-35-37-39-41-43-51(64)60-47(48(63)42-40-38-36-34-12-10-8-6-4-2)46-70-58-56(69)54(67)57(50(45-62)72-58)73-59-55(68)53(66)52(65)49(44-61)71-59/h47-50,52-59,61-63,65-69H,3-46H2,1-2H3,(H,60,64). The molecule has 2 saturated heterocycles. The molecule has 434 valence electrons. The lowest BCUT2D eigenvalue weighted by molar-refractivity contribution is -0.359. The lowest BCUT2D eigenvalue weighted by Gasteiger charge is -2.46. The number of carbonyl (C=O) groups is 1. The van der Waals surface area contributed by atoms with Gasteiger partial charge in [-0.2, -0.15) is 0 Å². The molecule has 12 unspecified atom stereocenters. The van der Waals surface area contributed by atoms with E-state index in [0.717, 1.165) is 51.4 Å². The SMILES string of the molecule is CCCCCCCCCCCCCCCCCCCCCCCCCCCCCCCCC(=O)NC(COC1OC(CO)C(OC2OC(CO)C(O)C(O)C2O)C(O)C1O)C(O)CCCCCCCCCCC. The predicted molar refractivity (Wildman–Crippen MR) is 291 cm³/mol. The van der Waals surface area contributed by atoms with E-state index in [1.54, 1.807) is 0 Å². The quantitative estimate of drug-likeness (QED) is 0.0259. The molecule has 2 heterocycles. The molecule has 0 radical (unpaired) electrons. The van der Waals surface area contributed by atoms with E-state index in [9.17, 15) is 45.6 Å². The maximum atomic E-state index is 13.2. The summed E-state index contributed by atoms with van der Waals surface area (Å²) in [4.78, 5) is 13.2. The van der Waals surface area contributed by atoms with Gasteiger partial charge in [-0.15, -0.1) is 0 Å². The molecule has 14 nitrogen and oxygen atoms in total. The Labute approximate surface area is 444 Å². The zero-order chi connectivity index (χ0) is 53.2. The number of nitrogens with one attached hydrogen (secondary N) is 1. The lowest BCUT2D eigenvalue weighted by atomic mass is 9.97. The highest BCUT2D eigenvalue weighted by atomic mass is 16.7. The summed E-state index contributed by atoms with van der Waals surface area (Å²) in [5, 5.41) is 87.0. The van der Waals surface area contributed by atoms with Gasteiger partial charge in [0.1, 0.15) is 48.8 Å². The van der Waals surface area contributed by atoms with Crippen molar-refractivity contribution in [2.75, 3.05) is 19.8 Å². The van der Waals surface area contributed by atoms with E-state index < -0.39 is 86.8 Å². The van der Waals surface area contributed by atoms with Crippen molar-refractivity contribution in [2.24, 2.45) is 0 Å². The fourth-order valence-electron chi connectivity index (χ4n) is 10.6. The lowest BCUT2D eigenvalue weighted by Crippen LogP contribution is -2.65. The van der Waals surface area contributed by atoms with Gasteiger partial charge in [0, 0.05) is 6.42 Å². The molecule has 0 aromatic carbocycles. The van der Waals surface area contributed by atoms with Crippen LogP contribution in [0.4, 0.5) is 0 Å². The summed E-state index contributed by atoms with van der Waals surface area (Å²) in [6.45, 7) is 2.86. The molecule has 0 aromatic heterocycles. The summed E-state index contributed by atoms with van der Waals surface area (Å²) in [7, 11) is 0. The molecule has 0 aliphatic carbocycles. The number of unbranched alkanes of at least 4 members (excludes halogenated alkanes) is 37. The van der Waals surface area contributed by atoms with Gasteiger partial charge in [-0.1, -0.05) is 258 Å². The molecule has 1 amide bonds. The summed E-state index contributed by atoms with van der Waals surface area (Å²) >= 11 is 0. The van der Waals surface area contributed by atoms with E-state index in [1.165, 1.54) is 199 Å². The van der Waals surface area contributed by atoms with E-state index in [4.69, 9.17) is 18.9 Å². The Kier molecular flexibility index (Phi) is 42.9. The number of ether oxygens (including phenoxy) is 4. The van der Waals surface area contributed by atoms with Crippen LogP contribution >= 0.6 is 0 Å². The molecule has 2 aliphatic heterocycles. The first-order chi connectivity index (χ1) is 35.6. The molecule has 2 aliphatic rings. The van der Waals surface area contributed by atoms with E-state index in [2.05, 4.69) is 19.2 Å². The molecule has 73 heavy (non-hydrogen) atoms. The minimum atomic E-state index is -1.78. The molecule has 0 saturated carbocycles. The first-order valence-corrected chi connectivity index (χ1v) is 30.8. The zero-order valence-corrected chi connectivity index (χ0v) is 46.7. The van der Waals surface area contributed by atoms with Crippen LogP contribution in [-0.4, -0.2) is 140 Å². The largest absolute Gasteiger partial charge is 0.394 e. The highest BCUT2D eigenvalue weighted by Crippen LogP contribution is 2.30. The Morgan fingerprint density at radius 2 is 0.781 bits per heavy atom. The third-order valence-electron chi connectivity index (χ3n) is 15.6. The molecule has 0 spiro atoms. The summed E-state index contributed by atoms with van der Waals surface area (Å²) in [6, 6.07) is -0.821.